The highest BCUT2D eigenvalue weighted by Crippen LogP contribution is 2.19. The lowest BCUT2D eigenvalue weighted by atomic mass is 10.1. The van der Waals surface area contributed by atoms with E-state index in [0.717, 1.165) is 5.56 Å². The third kappa shape index (κ3) is 3.57. The molecule has 90 valence electrons. The molecule has 0 fully saturated rings. The molecule has 1 aromatic carbocycles. The molecule has 0 aromatic heterocycles. The van der Waals surface area contributed by atoms with E-state index in [1.54, 1.807) is 18.2 Å². The first-order valence-corrected chi connectivity index (χ1v) is 7.54. The Bertz CT molecular complexity index is 463. The number of sulfonamides is 1. The van der Waals surface area contributed by atoms with E-state index in [0.29, 0.717) is 10.2 Å². The number of alkyl halides is 1. The van der Waals surface area contributed by atoms with Crippen molar-refractivity contribution < 1.29 is 8.42 Å². The van der Waals surface area contributed by atoms with Crippen molar-refractivity contribution in [2.24, 2.45) is 0 Å². The van der Waals surface area contributed by atoms with Gasteiger partial charge in [-0.05, 0) is 32.4 Å². The van der Waals surface area contributed by atoms with Crippen molar-refractivity contribution >= 4 is 26.0 Å². The topological polar surface area (TPSA) is 46.2 Å². The molecule has 0 unspecified atom stereocenters. The van der Waals surface area contributed by atoms with Crippen LogP contribution in [0.2, 0.25) is 0 Å². The maximum Gasteiger partial charge on any atom is 0.241 e. The number of hydrogen-bond donors (Lipinski definition) is 1. The molecule has 0 spiro atoms. The molecule has 5 heteroatoms. The first kappa shape index (κ1) is 13.7. The van der Waals surface area contributed by atoms with Crippen LogP contribution < -0.4 is 4.72 Å². The summed E-state index contributed by atoms with van der Waals surface area (Å²) in [6.45, 7) is 5.46. The van der Waals surface area contributed by atoms with Crippen LogP contribution in [0.4, 0.5) is 0 Å². The molecule has 3 nitrogen and oxygen atoms in total. The summed E-state index contributed by atoms with van der Waals surface area (Å²) in [6, 6.07) is 6.97. The summed E-state index contributed by atoms with van der Waals surface area (Å²) in [4.78, 5) is 0.335. The fourth-order valence-electron chi connectivity index (χ4n) is 1.33. The van der Waals surface area contributed by atoms with Crippen LogP contribution in [0, 0.1) is 0 Å². The van der Waals surface area contributed by atoms with Gasteiger partial charge in [-0.3, -0.25) is 0 Å². The van der Waals surface area contributed by atoms with Gasteiger partial charge in [0.1, 0.15) is 0 Å². The fourth-order valence-corrected chi connectivity index (χ4v) is 3.67. The second-order valence-corrected chi connectivity index (χ2v) is 6.81. The summed E-state index contributed by atoms with van der Waals surface area (Å²) in [6.07, 6.45) is 0. The van der Waals surface area contributed by atoms with Gasteiger partial charge in [0.15, 0.2) is 0 Å². The van der Waals surface area contributed by atoms with Gasteiger partial charge in [0, 0.05) is 10.9 Å². The Kier molecular flexibility index (Phi) is 4.15. The fraction of sp³-hybridized carbons (Fsp3) is 0.455. The molecule has 1 N–H and O–H groups in total. The van der Waals surface area contributed by atoms with Crippen LogP contribution in [0.15, 0.2) is 29.2 Å². The zero-order chi connectivity index (χ0) is 12.4. The summed E-state index contributed by atoms with van der Waals surface area (Å²) in [5.41, 5.74) is 0.289. The normalized spacial score (nSPS) is 12.8. The molecule has 0 heterocycles. The lowest BCUT2D eigenvalue weighted by Gasteiger charge is -2.21. The molecule has 0 amide bonds. The largest absolute Gasteiger partial charge is 0.241 e. The van der Waals surface area contributed by atoms with Crippen molar-refractivity contribution in [2.75, 3.05) is 0 Å². The van der Waals surface area contributed by atoms with Gasteiger partial charge < -0.3 is 0 Å². The molecule has 0 saturated heterocycles. The third-order valence-corrected chi connectivity index (χ3v) is 4.31. The molecule has 0 aliphatic heterocycles. The highest BCUT2D eigenvalue weighted by Gasteiger charge is 2.23. The third-order valence-electron chi connectivity index (χ3n) is 1.85. The lowest BCUT2D eigenvalue weighted by Crippen LogP contribution is -2.40. The minimum atomic E-state index is -3.44. The minimum Gasteiger partial charge on any atom is -0.207 e. The summed E-state index contributed by atoms with van der Waals surface area (Å²) in [7, 11) is -3.44. The summed E-state index contributed by atoms with van der Waals surface area (Å²) in [5.74, 6) is 0. The smallest absolute Gasteiger partial charge is 0.207 e. The maximum atomic E-state index is 12.1. The molecule has 0 aliphatic rings. The van der Waals surface area contributed by atoms with Gasteiger partial charge in [-0.25, -0.2) is 13.1 Å². The number of rotatable bonds is 3. The average Bonchev–Trinajstić information content (AvgIpc) is 2.14. The van der Waals surface area contributed by atoms with Crippen molar-refractivity contribution in [1.82, 2.24) is 4.72 Å². The Morgan fingerprint density at radius 1 is 1.25 bits per heavy atom. The molecule has 16 heavy (non-hydrogen) atoms. The molecular weight excluding hydrogens is 290 g/mol. The lowest BCUT2D eigenvalue weighted by molar-refractivity contribution is 0.491. The van der Waals surface area contributed by atoms with Crippen molar-refractivity contribution in [2.45, 2.75) is 36.5 Å². The molecule has 1 rings (SSSR count). The Morgan fingerprint density at radius 2 is 1.81 bits per heavy atom. The molecule has 0 bridgehead atoms. The zero-order valence-corrected chi connectivity index (χ0v) is 12.0. The van der Waals surface area contributed by atoms with E-state index < -0.39 is 15.6 Å². The van der Waals surface area contributed by atoms with E-state index in [9.17, 15) is 8.42 Å². The summed E-state index contributed by atoms with van der Waals surface area (Å²) in [5, 5.41) is 0.522. The van der Waals surface area contributed by atoms with Crippen LogP contribution in [0.1, 0.15) is 26.3 Å². The number of nitrogens with one attached hydrogen (secondary N) is 1. The van der Waals surface area contributed by atoms with Crippen LogP contribution in [0.3, 0.4) is 0 Å². The Balaban J connectivity index is 3.17. The van der Waals surface area contributed by atoms with E-state index in [-0.39, 0.29) is 0 Å². The van der Waals surface area contributed by atoms with E-state index in [1.165, 1.54) is 0 Å². The van der Waals surface area contributed by atoms with Crippen LogP contribution in [0.25, 0.3) is 0 Å². The monoisotopic (exact) mass is 305 g/mol. The second-order valence-electron chi connectivity index (χ2n) is 4.60. The van der Waals surface area contributed by atoms with Crippen LogP contribution in [-0.2, 0) is 15.4 Å². The molecule has 0 radical (unpaired) electrons. The summed E-state index contributed by atoms with van der Waals surface area (Å²) >= 11 is 3.29. The number of hydrogen-bond acceptors (Lipinski definition) is 2. The van der Waals surface area contributed by atoms with Crippen LogP contribution in [-0.4, -0.2) is 14.0 Å². The first-order chi connectivity index (χ1) is 7.26. The van der Waals surface area contributed by atoms with Gasteiger partial charge in [-0.1, -0.05) is 34.1 Å². The molecule has 0 aliphatic carbocycles. The standard InChI is InChI=1S/C11H16BrNO2S/c1-11(2,3)13-16(14,15)10-7-5-4-6-9(10)8-12/h4-7,13H,8H2,1-3H3. The highest BCUT2D eigenvalue weighted by atomic mass is 79.9. The average molecular weight is 306 g/mol. The van der Waals surface area contributed by atoms with Gasteiger partial charge in [0.05, 0.1) is 4.90 Å². The van der Waals surface area contributed by atoms with Gasteiger partial charge in [0.25, 0.3) is 0 Å². The molecular formula is C11H16BrNO2S. The first-order valence-electron chi connectivity index (χ1n) is 4.94. The van der Waals surface area contributed by atoms with E-state index in [1.807, 2.05) is 26.8 Å². The van der Waals surface area contributed by atoms with Crippen molar-refractivity contribution in [3.63, 3.8) is 0 Å². The van der Waals surface area contributed by atoms with E-state index >= 15 is 0 Å². The van der Waals surface area contributed by atoms with Crippen molar-refractivity contribution in [3.8, 4) is 0 Å². The predicted octanol–water partition coefficient (Wildman–Crippen LogP) is 2.66. The predicted molar refractivity (Wildman–Crippen MR) is 69.1 cm³/mol. The van der Waals surface area contributed by atoms with Crippen LogP contribution >= 0.6 is 15.9 Å². The Labute approximate surface area is 105 Å². The van der Waals surface area contributed by atoms with Gasteiger partial charge in [0.2, 0.25) is 10.0 Å². The zero-order valence-electron chi connectivity index (χ0n) is 9.62. The number of halogens is 1. The molecule has 1 aromatic rings. The van der Waals surface area contributed by atoms with Crippen molar-refractivity contribution in [3.05, 3.63) is 29.8 Å². The second kappa shape index (κ2) is 4.85. The Morgan fingerprint density at radius 3 is 2.31 bits per heavy atom. The highest BCUT2D eigenvalue weighted by molar-refractivity contribution is 9.08. The van der Waals surface area contributed by atoms with E-state index in [4.69, 9.17) is 0 Å². The quantitative estimate of drug-likeness (QED) is 0.873. The number of benzene rings is 1. The minimum absolute atomic E-state index is 0.335. The Hall–Kier alpha value is -0.390. The van der Waals surface area contributed by atoms with Crippen molar-refractivity contribution in [1.29, 1.82) is 0 Å². The van der Waals surface area contributed by atoms with Crippen LogP contribution in [0.5, 0.6) is 0 Å². The van der Waals surface area contributed by atoms with Gasteiger partial charge in [-0.2, -0.15) is 0 Å². The molecule has 0 saturated carbocycles. The summed E-state index contributed by atoms with van der Waals surface area (Å²) < 4.78 is 26.8. The van der Waals surface area contributed by atoms with Gasteiger partial charge in [-0.15, -0.1) is 0 Å². The molecule has 0 atom stereocenters. The van der Waals surface area contributed by atoms with E-state index in [2.05, 4.69) is 20.7 Å². The maximum absolute atomic E-state index is 12.1. The van der Waals surface area contributed by atoms with Gasteiger partial charge >= 0.3 is 0 Å². The SMILES string of the molecule is CC(C)(C)NS(=O)(=O)c1ccccc1CBr.